The number of piperazine rings is 1. The van der Waals surface area contributed by atoms with E-state index in [9.17, 15) is 4.79 Å². The van der Waals surface area contributed by atoms with Crippen LogP contribution >= 0.6 is 23.2 Å². The molecule has 0 atom stereocenters. The maximum absolute atomic E-state index is 12.5. The van der Waals surface area contributed by atoms with E-state index in [0.29, 0.717) is 28.8 Å². The number of carbonyl (C=O) groups excluding carboxylic acids is 1. The van der Waals surface area contributed by atoms with Crippen LogP contribution in [0.2, 0.25) is 10.0 Å². The van der Waals surface area contributed by atoms with Crippen molar-refractivity contribution in [1.82, 2.24) is 4.90 Å². The van der Waals surface area contributed by atoms with Gasteiger partial charge in [-0.2, -0.15) is 0 Å². The van der Waals surface area contributed by atoms with Crippen molar-refractivity contribution in [3.63, 3.8) is 0 Å². The van der Waals surface area contributed by atoms with Crippen molar-refractivity contribution in [2.45, 2.75) is 0 Å². The lowest BCUT2D eigenvalue weighted by Gasteiger charge is -2.36. The molecule has 0 unspecified atom stereocenters. The summed E-state index contributed by atoms with van der Waals surface area (Å²) in [5, 5.41) is 3.63. The molecule has 0 aliphatic carbocycles. The molecule has 1 saturated heterocycles. The minimum Gasteiger partial charge on any atom is -0.378 e. The second kappa shape index (κ2) is 8.06. The molecule has 5 nitrogen and oxygen atoms in total. The number of hydrogen-bond donors (Lipinski definition) is 1. The average Bonchev–Trinajstić information content (AvgIpc) is 2.65. The van der Waals surface area contributed by atoms with Crippen LogP contribution in [-0.4, -0.2) is 51.2 Å². The predicted molar refractivity (Wildman–Crippen MR) is 110 cm³/mol. The molecule has 2 amide bonds. The summed E-state index contributed by atoms with van der Waals surface area (Å²) in [6, 6.07) is 13.5. The molecule has 26 heavy (non-hydrogen) atoms. The molecule has 2 aromatic carbocycles. The van der Waals surface area contributed by atoms with Gasteiger partial charge in [-0.3, -0.25) is 0 Å². The van der Waals surface area contributed by atoms with Gasteiger partial charge >= 0.3 is 6.03 Å². The molecule has 138 valence electrons. The monoisotopic (exact) mass is 392 g/mol. The Morgan fingerprint density at radius 1 is 1.00 bits per heavy atom. The fraction of sp³-hybridized carbons (Fsp3) is 0.316. The van der Waals surface area contributed by atoms with Crippen LogP contribution in [0.15, 0.2) is 42.5 Å². The summed E-state index contributed by atoms with van der Waals surface area (Å²) in [6.45, 7) is 2.88. The third kappa shape index (κ3) is 4.17. The normalized spacial score (nSPS) is 14.3. The zero-order valence-corrected chi connectivity index (χ0v) is 16.4. The second-order valence-electron chi connectivity index (χ2n) is 6.42. The molecule has 7 heteroatoms. The topological polar surface area (TPSA) is 38.8 Å². The summed E-state index contributed by atoms with van der Waals surface area (Å²) in [4.78, 5) is 18.6. The van der Waals surface area contributed by atoms with Gasteiger partial charge in [0, 0.05) is 51.6 Å². The smallest absolute Gasteiger partial charge is 0.322 e. The van der Waals surface area contributed by atoms with Crippen LogP contribution in [0, 0.1) is 0 Å². The zero-order chi connectivity index (χ0) is 18.7. The van der Waals surface area contributed by atoms with Gasteiger partial charge in [-0.15, -0.1) is 0 Å². The molecular formula is C19H22Cl2N4O. The SMILES string of the molecule is CN(C)c1ccc(N2CCN(C(=O)Nc3cccc(Cl)c3Cl)CC2)cc1. The van der Waals surface area contributed by atoms with Gasteiger partial charge in [-0.05, 0) is 36.4 Å². The van der Waals surface area contributed by atoms with Gasteiger partial charge in [0.2, 0.25) is 0 Å². The number of urea groups is 1. The van der Waals surface area contributed by atoms with Gasteiger partial charge in [0.1, 0.15) is 0 Å². The molecule has 1 aliphatic heterocycles. The molecule has 1 heterocycles. The number of amides is 2. The number of anilines is 3. The van der Waals surface area contributed by atoms with E-state index in [0.717, 1.165) is 13.1 Å². The molecule has 0 saturated carbocycles. The molecule has 0 aromatic heterocycles. The van der Waals surface area contributed by atoms with Gasteiger partial charge in [0.15, 0.2) is 0 Å². The van der Waals surface area contributed by atoms with Crippen molar-refractivity contribution in [3.05, 3.63) is 52.5 Å². The first kappa shape index (κ1) is 18.7. The Bertz CT molecular complexity index is 772. The number of nitrogens with one attached hydrogen (secondary N) is 1. The van der Waals surface area contributed by atoms with Crippen LogP contribution in [0.5, 0.6) is 0 Å². The Kier molecular flexibility index (Phi) is 5.79. The first-order valence-electron chi connectivity index (χ1n) is 8.48. The highest BCUT2D eigenvalue weighted by molar-refractivity contribution is 6.43. The van der Waals surface area contributed by atoms with Crippen molar-refractivity contribution in [3.8, 4) is 0 Å². The predicted octanol–water partition coefficient (Wildman–Crippen LogP) is 4.41. The van der Waals surface area contributed by atoms with Crippen molar-refractivity contribution in [1.29, 1.82) is 0 Å². The lowest BCUT2D eigenvalue weighted by atomic mass is 10.2. The fourth-order valence-corrected chi connectivity index (χ4v) is 3.27. The summed E-state index contributed by atoms with van der Waals surface area (Å²) in [5.74, 6) is 0. The van der Waals surface area contributed by atoms with E-state index < -0.39 is 0 Å². The largest absolute Gasteiger partial charge is 0.378 e. The van der Waals surface area contributed by atoms with Crippen molar-refractivity contribution >= 4 is 46.3 Å². The fourth-order valence-electron chi connectivity index (χ4n) is 2.92. The van der Waals surface area contributed by atoms with Crippen LogP contribution in [0.25, 0.3) is 0 Å². The standard InChI is InChI=1S/C19H22Cl2N4O/c1-23(2)14-6-8-15(9-7-14)24-10-12-25(13-11-24)19(26)22-17-5-3-4-16(20)18(17)21/h3-9H,10-13H2,1-2H3,(H,22,26). The minimum atomic E-state index is -0.156. The molecule has 1 aliphatic rings. The van der Waals surface area contributed by atoms with E-state index in [-0.39, 0.29) is 6.03 Å². The Hall–Kier alpha value is -2.11. The van der Waals surface area contributed by atoms with E-state index in [1.165, 1.54) is 11.4 Å². The number of nitrogens with zero attached hydrogens (tertiary/aromatic N) is 3. The quantitative estimate of drug-likeness (QED) is 0.840. The highest BCUT2D eigenvalue weighted by atomic mass is 35.5. The summed E-state index contributed by atoms with van der Waals surface area (Å²) < 4.78 is 0. The molecule has 0 spiro atoms. The first-order chi connectivity index (χ1) is 12.5. The van der Waals surface area contributed by atoms with Crippen LogP contribution in [0.3, 0.4) is 0 Å². The van der Waals surface area contributed by atoms with Crippen molar-refractivity contribution in [2.24, 2.45) is 0 Å². The Morgan fingerprint density at radius 3 is 2.27 bits per heavy atom. The number of rotatable bonds is 3. The van der Waals surface area contributed by atoms with E-state index >= 15 is 0 Å². The van der Waals surface area contributed by atoms with Crippen LogP contribution in [-0.2, 0) is 0 Å². The number of hydrogen-bond acceptors (Lipinski definition) is 3. The van der Waals surface area contributed by atoms with Gasteiger partial charge in [0.25, 0.3) is 0 Å². The molecular weight excluding hydrogens is 371 g/mol. The first-order valence-corrected chi connectivity index (χ1v) is 9.23. The highest BCUT2D eigenvalue weighted by Crippen LogP contribution is 2.30. The van der Waals surface area contributed by atoms with Crippen LogP contribution < -0.4 is 15.1 Å². The number of carbonyl (C=O) groups is 1. The molecule has 2 aromatic rings. The van der Waals surface area contributed by atoms with Crippen molar-refractivity contribution < 1.29 is 4.79 Å². The van der Waals surface area contributed by atoms with Gasteiger partial charge in [0.05, 0.1) is 15.7 Å². The van der Waals surface area contributed by atoms with E-state index in [1.54, 1.807) is 23.1 Å². The minimum absolute atomic E-state index is 0.156. The van der Waals surface area contributed by atoms with Crippen molar-refractivity contribution in [2.75, 3.05) is 55.4 Å². The third-order valence-electron chi connectivity index (χ3n) is 4.49. The molecule has 1 N–H and O–H groups in total. The number of halogens is 2. The third-order valence-corrected chi connectivity index (χ3v) is 5.31. The van der Waals surface area contributed by atoms with Crippen LogP contribution in [0.1, 0.15) is 0 Å². The van der Waals surface area contributed by atoms with Gasteiger partial charge in [-0.25, -0.2) is 4.79 Å². The second-order valence-corrected chi connectivity index (χ2v) is 7.20. The average molecular weight is 393 g/mol. The molecule has 1 fully saturated rings. The summed E-state index contributed by atoms with van der Waals surface area (Å²) in [6.07, 6.45) is 0. The Balaban J connectivity index is 1.57. The van der Waals surface area contributed by atoms with E-state index in [4.69, 9.17) is 23.2 Å². The maximum atomic E-state index is 12.5. The Labute approximate surface area is 164 Å². The highest BCUT2D eigenvalue weighted by Gasteiger charge is 2.22. The van der Waals surface area contributed by atoms with Gasteiger partial charge in [-0.1, -0.05) is 29.3 Å². The zero-order valence-electron chi connectivity index (χ0n) is 14.9. The lowest BCUT2D eigenvalue weighted by molar-refractivity contribution is 0.208. The van der Waals surface area contributed by atoms with E-state index in [1.807, 2.05) is 14.1 Å². The summed E-state index contributed by atoms with van der Waals surface area (Å²) in [7, 11) is 4.05. The molecule has 0 bridgehead atoms. The van der Waals surface area contributed by atoms with E-state index in [2.05, 4.69) is 39.4 Å². The van der Waals surface area contributed by atoms with Crippen LogP contribution in [0.4, 0.5) is 21.9 Å². The summed E-state index contributed by atoms with van der Waals surface area (Å²) >= 11 is 12.1. The lowest BCUT2D eigenvalue weighted by Crippen LogP contribution is -2.50. The van der Waals surface area contributed by atoms with Gasteiger partial charge < -0.3 is 20.0 Å². The summed E-state index contributed by atoms with van der Waals surface area (Å²) in [5.41, 5.74) is 2.88. The molecule has 3 rings (SSSR count). The molecule has 0 radical (unpaired) electrons. The number of benzene rings is 2. The maximum Gasteiger partial charge on any atom is 0.322 e. The Morgan fingerprint density at radius 2 is 1.65 bits per heavy atom.